The SMILES string of the molecule is COC(=O)CN(Cc1cc(OC)cc(OC)c1)C(=O)c1csc(-c2ncccn2)n1. The van der Waals surface area contributed by atoms with Crippen molar-refractivity contribution in [3.63, 3.8) is 0 Å². The fourth-order valence-corrected chi connectivity index (χ4v) is 3.38. The molecule has 10 heteroatoms. The van der Waals surface area contributed by atoms with Crippen molar-refractivity contribution in [2.75, 3.05) is 27.9 Å². The number of esters is 1. The third-order valence-corrected chi connectivity index (χ3v) is 4.94. The number of aromatic nitrogens is 3. The summed E-state index contributed by atoms with van der Waals surface area (Å²) in [5, 5.41) is 2.13. The molecule has 30 heavy (non-hydrogen) atoms. The van der Waals surface area contributed by atoms with Gasteiger partial charge in [0.2, 0.25) is 0 Å². The second-order valence-electron chi connectivity index (χ2n) is 6.07. The minimum atomic E-state index is -0.542. The number of hydrogen-bond acceptors (Lipinski definition) is 9. The minimum absolute atomic E-state index is 0.135. The van der Waals surface area contributed by atoms with Gasteiger partial charge in [0.15, 0.2) is 10.8 Å². The van der Waals surface area contributed by atoms with Crippen LogP contribution < -0.4 is 9.47 Å². The zero-order chi connectivity index (χ0) is 21.5. The fraction of sp³-hybridized carbons (Fsp3) is 0.250. The van der Waals surface area contributed by atoms with Crippen LogP contribution >= 0.6 is 11.3 Å². The molecule has 0 fully saturated rings. The summed E-state index contributed by atoms with van der Waals surface area (Å²) < 4.78 is 15.3. The minimum Gasteiger partial charge on any atom is -0.497 e. The van der Waals surface area contributed by atoms with Crippen molar-refractivity contribution < 1.29 is 23.8 Å². The number of carbonyl (C=O) groups is 2. The normalized spacial score (nSPS) is 10.4. The molecule has 1 aromatic carbocycles. The van der Waals surface area contributed by atoms with Crippen LogP contribution in [0.5, 0.6) is 11.5 Å². The molecule has 0 spiro atoms. The molecule has 9 nitrogen and oxygen atoms in total. The molecule has 2 aromatic heterocycles. The van der Waals surface area contributed by atoms with Crippen LogP contribution in [0.25, 0.3) is 10.8 Å². The quantitative estimate of drug-likeness (QED) is 0.504. The first-order chi connectivity index (χ1) is 14.5. The number of hydrogen-bond donors (Lipinski definition) is 0. The molecule has 0 saturated carbocycles. The molecule has 0 unspecified atom stereocenters. The first kappa shape index (κ1) is 21.2. The Bertz CT molecular complexity index is 1000. The van der Waals surface area contributed by atoms with E-state index in [0.717, 1.165) is 5.56 Å². The number of ether oxygens (including phenoxy) is 3. The maximum atomic E-state index is 13.1. The number of amides is 1. The Balaban J connectivity index is 1.87. The molecule has 0 aliphatic heterocycles. The third kappa shape index (κ3) is 5.09. The first-order valence-electron chi connectivity index (χ1n) is 8.85. The van der Waals surface area contributed by atoms with E-state index >= 15 is 0 Å². The van der Waals surface area contributed by atoms with E-state index in [1.165, 1.54) is 23.3 Å². The van der Waals surface area contributed by atoms with Gasteiger partial charge in [0.25, 0.3) is 5.91 Å². The van der Waals surface area contributed by atoms with Crippen LogP contribution in [0.2, 0.25) is 0 Å². The van der Waals surface area contributed by atoms with Crippen LogP contribution in [0.4, 0.5) is 0 Å². The maximum absolute atomic E-state index is 13.1. The van der Waals surface area contributed by atoms with Crippen molar-refractivity contribution in [3.8, 4) is 22.3 Å². The van der Waals surface area contributed by atoms with Crippen LogP contribution in [0, 0.1) is 0 Å². The Hall–Kier alpha value is -3.53. The molecule has 0 radical (unpaired) electrons. The second kappa shape index (κ2) is 9.79. The van der Waals surface area contributed by atoms with Crippen LogP contribution in [-0.4, -0.2) is 59.6 Å². The standard InChI is InChI=1S/C20H20N4O5S/c1-27-14-7-13(8-15(9-14)28-2)10-24(11-17(25)29-3)20(26)16-12-30-19(23-16)18-21-5-4-6-22-18/h4-9,12H,10-11H2,1-3H3. The smallest absolute Gasteiger partial charge is 0.325 e. The van der Waals surface area contributed by atoms with E-state index < -0.39 is 11.9 Å². The highest BCUT2D eigenvalue weighted by molar-refractivity contribution is 7.13. The summed E-state index contributed by atoms with van der Waals surface area (Å²) >= 11 is 1.25. The summed E-state index contributed by atoms with van der Waals surface area (Å²) in [5.74, 6) is 0.623. The molecular formula is C20H20N4O5S. The number of benzene rings is 1. The Kier molecular flexibility index (Phi) is 6.91. The van der Waals surface area contributed by atoms with Crippen molar-refractivity contribution in [1.82, 2.24) is 19.9 Å². The monoisotopic (exact) mass is 428 g/mol. The number of methoxy groups -OCH3 is 3. The highest BCUT2D eigenvalue weighted by Crippen LogP contribution is 2.25. The molecule has 3 aromatic rings. The number of carbonyl (C=O) groups excluding carboxylic acids is 2. The second-order valence-corrected chi connectivity index (χ2v) is 6.93. The highest BCUT2D eigenvalue weighted by Gasteiger charge is 2.23. The largest absolute Gasteiger partial charge is 0.497 e. The van der Waals surface area contributed by atoms with Crippen molar-refractivity contribution in [2.45, 2.75) is 6.54 Å². The van der Waals surface area contributed by atoms with E-state index in [4.69, 9.17) is 14.2 Å². The molecule has 0 N–H and O–H groups in total. The van der Waals surface area contributed by atoms with Crippen LogP contribution in [-0.2, 0) is 16.1 Å². The average molecular weight is 428 g/mol. The van der Waals surface area contributed by atoms with Gasteiger partial charge in [-0.05, 0) is 23.8 Å². The Morgan fingerprint density at radius 2 is 1.70 bits per heavy atom. The molecule has 0 aliphatic rings. The van der Waals surface area contributed by atoms with Gasteiger partial charge in [0.1, 0.15) is 23.7 Å². The van der Waals surface area contributed by atoms with E-state index in [1.807, 2.05) is 0 Å². The molecule has 1 amide bonds. The van der Waals surface area contributed by atoms with E-state index in [-0.39, 0.29) is 18.8 Å². The lowest BCUT2D eigenvalue weighted by atomic mass is 10.1. The summed E-state index contributed by atoms with van der Waals surface area (Å²) in [5.41, 5.74) is 0.923. The van der Waals surface area contributed by atoms with Gasteiger partial charge in [-0.1, -0.05) is 0 Å². The van der Waals surface area contributed by atoms with E-state index in [1.54, 1.807) is 56.3 Å². The topological polar surface area (TPSA) is 104 Å². The molecular weight excluding hydrogens is 408 g/mol. The van der Waals surface area contributed by atoms with Crippen molar-refractivity contribution >= 4 is 23.2 Å². The van der Waals surface area contributed by atoms with Crippen LogP contribution in [0.3, 0.4) is 0 Å². The van der Waals surface area contributed by atoms with Gasteiger partial charge in [-0.3, -0.25) is 9.59 Å². The first-order valence-corrected chi connectivity index (χ1v) is 9.73. The lowest BCUT2D eigenvalue weighted by molar-refractivity contribution is -0.141. The lowest BCUT2D eigenvalue weighted by Gasteiger charge is -2.21. The number of rotatable bonds is 8. The molecule has 0 saturated heterocycles. The van der Waals surface area contributed by atoms with E-state index in [9.17, 15) is 9.59 Å². The van der Waals surface area contributed by atoms with Crippen LogP contribution in [0.1, 0.15) is 16.1 Å². The summed E-state index contributed by atoms with van der Waals surface area (Å²) in [7, 11) is 4.35. The highest BCUT2D eigenvalue weighted by atomic mass is 32.1. The molecule has 0 aliphatic carbocycles. The molecule has 0 atom stereocenters. The van der Waals surface area contributed by atoms with Gasteiger partial charge in [0.05, 0.1) is 21.3 Å². The van der Waals surface area contributed by atoms with Crippen LogP contribution in [0.15, 0.2) is 42.0 Å². The zero-order valence-corrected chi connectivity index (χ0v) is 17.5. The van der Waals surface area contributed by atoms with Gasteiger partial charge in [-0.25, -0.2) is 15.0 Å². The summed E-state index contributed by atoms with van der Waals surface area (Å²) in [6.45, 7) is -0.0975. The number of nitrogens with zero attached hydrogens (tertiary/aromatic N) is 4. The molecule has 3 rings (SSSR count). The van der Waals surface area contributed by atoms with Gasteiger partial charge in [0, 0.05) is 30.4 Å². The molecule has 2 heterocycles. The summed E-state index contributed by atoms with van der Waals surface area (Å²) in [6.07, 6.45) is 3.20. The van der Waals surface area contributed by atoms with E-state index in [2.05, 4.69) is 15.0 Å². The predicted molar refractivity (Wildman–Crippen MR) is 109 cm³/mol. The Morgan fingerprint density at radius 1 is 1.03 bits per heavy atom. The molecule has 156 valence electrons. The average Bonchev–Trinajstić information content (AvgIpc) is 3.28. The number of thiazole rings is 1. The summed E-state index contributed by atoms with van der Waals surface area (Å²) in [6, 6.07) is 6.96. The molecule has 0 bridgehead atoms. The Morgan fingerprint density at radius 3 is 2.30 bits per heavy atom. The van der Waals surface area contributed by atoms with Gasteiger partial charge < -0.3 is 19.1 Å². The van der Waals surface area contributed by atoms with Crippen molar-refractivity contribution in [2.24, 2.45) is 0 Å². The zero-order valence-electron chi connectivity index (χ0n) is 16.7. The predicted octanol–water partition coefficient (Wildman–Crippen LogP) is 2.43. The Labute approximate surface area is 177 Å². The van der Waals surface area contributed by atoms with Crippen molar-refractivity contribution in [1.29, 1.82) is 0 Å². The van der Waals surface area contributed by atoms with Gasteiger partial charge >= 0.3 is 5.97 Å². The summed E-state index contributed by atoms with van der Waals surface area (Å²) in [4.78, 5) is 39.0. The van der Waals surface area contributed by atoms with Gasteiger partial charge in [-0.15, -0.1) is 11.3 Å². The third-order valence-electron chi connectivity index (χ3n) is 4.10. The lowest BCUT2D eigenvalue weighted by Crippen LogP contribution is -2.36. The fourth-order valence-electron chi connectivity index (χ4n) is 2.64. The van der Waals surface area contributed by atoms with Gasteiger partial charge in [-0.2, -0.15) is 0 Å². The van der Waals surface area contributed by atoms with E-state index in [0.29, 0.717) is 22.3 Å². The van der Waals surface area contributed by atoms with Crippen molar-refractivity contribution in [3.05, 3.63) is 53.3 Å². The maximum Gasteiger partial charge on any atom is 0.325 e.